The Morgan fingerprint density at radius 2 is 1.97 bits per heavy atom. The van der Waals surface area contributed by atoms with Crippen LogP contribution >= 0.6 is 0 Å². The van der Waals surface area contributed by atoms with E-state index in [1.54, 1.807) is 6.20 Å². The number of halogens is 3. The Morgan fingerprint density at radius 3 is 2.62 bits per heavy atom. The Kier molecular flexibility index (Phi) is 5.77. The number of morpholine rings is 1. The zero-order valence-corrected chi connectivity index (χ0v) is 18.9. The van der Waals surface area contributed by atoms with Gasteiger partial charge in [0, 0.05) is 59.4 Å². The van der Waals surface area contributed by atoms with Crippen LogP contribution < -0.4 is 5.73 Å². The number of rotatable bonds is 3. The number of nitrogens with zero attached hydrogens (tertiary/aromatic N) is 3. The van der Waals surface area contributed by atoms with Crippen LogP contribution in [0.25, 0.3) is 22.2 Å². The monoisotopic (exact) mass is 469 g/mol. The molecule has 0 saturated carbocycles. The Bertz CT molecular complexity index is 1250. The third kappa shape index (κ3) is 3.92. The van der Waals surface area contributed by atoms with Gasteiger partial charge in [-0.05, 0) is 55.5 Å². The van der Waals surface area contributed by atoms with Crippen LogP contribution in [0.1, 0.15) is 34.4 Å². The highest BCUT2D eigenvalue weighted by Crippen LogP contribution is 2.43. The van der Waals surface area contributed by atoms with Crippen molar-refractivity contribution in [3.05, 3.63) is 52.3 Å². The highest BCUT2D eigenvalue weighted by Gasteiger charge is 2.37. The van der Waals surface area contributed by atoms with Crippen molar-refractivity contribution in [3.63, 3.8) is 0 Å². The van der Waals surface area contributed by atoms with Crippen molar-refractivity contribution in [2.24, 2.45) is 0 Å². The van der Waals surface area contributed by atoms with E-state index in [1.807, 2.05) is 19.1 Å². The number of fused-ring (bicyclic) bond motifs is 3. The number of nitrogens with two attached hydrogens (primary N) is 1. The Labute approximate surface area is 195 Å². The number of anilines is 1. The van der Waals surface area contributed by atoms with Gasteiger partial charge in [0.25, 0.3) is 0 Å². The number of pyridine rings is 2. The van der Waals surface area contributed by atoms with Gasteiger partial charge in [-0.2, -0.15) is 13.2 Å². The standard InChI is InChI=1S/C25H26F3N5O/c1-14-2-3-15(13-31-14)23-18-10-16(33-6-8-34-9-7-33)4-5-17(18)22-19(12-29)21(30)11-20(24(22)32-23)25(26,27)28/h2-3,11-13,16,29H,4-10,30H2,1H3. The smallest absolute Gasteiger partial charge is 0.398 e. The fourth-order valence-corrected chi connectivity index (χ4v) is 5.22. The van der Waals surface area contributed by atoms with E-state index in [2.05, 4.69) is 14.9 Å². The maximum atomic E-state index is 14.1. The molecule has 3 aromatic rings. The molecule has 6 nitrogen and oxygen atoms in total. The Balaban J connectivity index is 1.79. The number of alkyl halides is 3. The van der Waals surface area contributed by atoms with Crippen LogP contribution in [0.2, 0.25) is 0 Å². The molecule has 34 heavy (non-hydrogen) atoms. The number of aromatic nitrogens is 2. The minimum absolute atomic E-state index is 0.0566. The molecule has 1 atom stereocenters. The van der Waals surface area contributed by atoms with Crippen LogP contribution in [0.3, 0.4) is 0 Å². The molecule has 1 fully saturated rings. The normalized spacial score (nSPS) is 19.2. The van der Waals surface area contributed by atoms with E-state index < -0.39 is 11.7 Å². The first-order chi connectivity index (χ1) is 16.3. The third-order valence-corrected chi connectivity index (χ3v) is 6.91. The number of nitrogen functional groups attached to an aromatic ring is 1. The summed E-state index contributed by atoms with van der Waals surface area (Å²) in [4.78, 5) is 11.4. The van der Waals surface area contributed by atoms with Crippen LogP contribution in [-0.2, 0) is 23.8 Å². The molecule has 2 aromatic heterocycles. The quantitative estimate of drug-likeness (QED) is 0.439. The van der Waals surface area contributed by atoms with E-state index in [1.165, 1.54) is 0 Å². The highest BCUT2D eigenvalue weighted by molar-refractivity contribution is 6.07. The van der Waals surface area contributed by atoms with Crippen molar-refractivity contribution in [3.8, 4) is 11.3 Å². The molecule has 0 spiro atoms. The number of hydrogen-bond donors (Lipinski definition) is 2. The molecule has 1 aliphatic carbocycles. The van der Waals surface area contributed by atoms with Gasteiger partial charge in [-0.25, -0.2) is 4.98 Å². The van der Waals surface area contributed by atoms with Gasteiger partial charge in [-0.15, -0.1) is 0 Å². The first-order valence-electron chi connectivity index (χ1n) is 11.4. The second-order valence-corrected chi connectivity index (χ2v) is 8.94. The highest BCUT2D eigenvalue weighted by atomic mass is 19.4. The predicted octanol–water partition coefficient (Wildman–Crippen LogP) is 4.39. The number of hydrogen-bond acceptors (Lipinski definition) is 6. The number of ether oxygens (including phenoxy) is 1. The summed E-state index contributed by atoms with van der Waals surface area (Å²) in [6.45, 7) is 4.89. The van der Waals surface area contributed by atoms with E-state index in [4.69, 9.17) is 15.9 Å². The molecule has 5 rings (SSSR count). The lowest BCUT2D eigenvalue weighted by Crippen LogP contribution is -2.46. The maximum Gasteiger partial charge on any atom is 0.418 e. The van der Waals surface area contributed by atoms with Crippen LogP contribution in [0.15, 0.2) is 24.4 Å². The van der Waals surface area contributed by atoms with E-state index in [0.717, 1.165) is 48.6 Å². The number of benzene rings is 1. The summed E-state index contributed by atoms with van der Waals surface area (Å²) in [6, 6.07) is 4.85. The molecule has 1 saturated heterocycles. The number of nitrogens with one attached hydrogen (secondary N) is 1. The summed E-state index contributed by atoms with van der Waals surface area (Å²) >= 11 is 0. The van der Waals surface area contributed by atoms with Crippen molar-refractivity contribution in [2.75, 3.05) is 32.0 Å². The van der Waals surface area contributed by atoms with Gasteiger partial charge < -0.3 is 15.9 Å². The molecule has 0 bridgehead atoms. The summed E-state index contributed by atoms with van der Waals surface area (Å²) in [5.41, 5.74) is 9.00. The minimum atomic E-state index is -4.62. The van der Waals surface area contributed by atoms with Crippen molar-refractivity contribution in [2.45, 2.75) is 38.4 Å². The van der Waals surface area contributed by atoms with Gasteiger partial charge in [-0.1, -0.05) is 0 Å². The van der Waals surface area contributed by atoms with Crippen molar-refractivity contribution in [1.82, 2.24) is 14.9 Å². The first kappa shape index (κ1) is 22.7. The second kappa shape index (κ2) is 8.63. The van der Waals surface area contributed by atoms with Crippen molar-refractivity contribution in [1.29, 1.82) is 5.41 Å². The fourth-order valence-electron chi connectivity index (χ4n) is 5.22. The van der Waals surface area contributed by atoms with Gasteiger partial charge in [-0.3, -0.25) is 9.88 Å². The SMILES string of the molecule is Cc1ccc(-c2nc3c(C(F)(F)F)cc(N)c(C=N)c3c3c2CC(N2CCOCC2)CC3)cn1. The summed E-state index contributed by atoms with van der Waals surface area (Å²) in [5.74, 6) is 0. The molecule has 1 aromatic carbocycles. The molecule has 1 aliphatic heterocycles. The average Bonchev–Trinajstić information content (AvgIpc) is 2.83. The lowest BCUT2D eigenvalue weighted by atomic mass is 9.81. The Morgan fingerprint density at radius 1 is 1.21 bits per heavy atom. The minimum Gasteiger partial charge on any atom is -0.398 e. The molecular formula is C25H26F3N5O. The number of aryl methyl sites for hydroxylation is 2. The van der Waals surface area contributed by atoms with Crippen molar-refractivity contribution >= 4 is 22.8 Å². The van der Waals surface area contributed by atoms with Gasteiger partial charge in [0.15, 0.2) is 0 Å². The summed E-state index contributed by atoms with van der Waals surface area (Å²) in [7, 11) is 0. The Hall–Kier alpha value is -3.04. The molecule has 0 radical (unpaired) electrons. The third-order valence-electron chi connectivity index (χ3n) is 6.91. The first-order valence-corrected chi connectivity index (χ1v) is 11.4. The maximum absolute atomic E-state index is 14.1. The zero-order chi connectivity index (χ0) is 24.0. The molecular weight excluding hydrogens is 443 g/mol. The molecule has 3 N–H and O–H groups in total. The lowest BCUT2D eigenvalue weighted by Gasteiger charge is -2.38. The molecule has 178 valence electrons. The topological polar surface area (TPSA) is 88.1 Å². The summed E-state index contributed by atoms with van der Waals surface area (Å²) in [5, 5.41) is 8.25. The van der Waals surface area contributed by atoms with Crippen LogP contribution in [-0.4, -0.2) is 53.4 Å². The molecule has 3 heterocycles. The van der Waals surface area contributed by atoms with E-state index in [9.17, 15) is 13.2 Å². The zero-order valence-electron chi connectivity index (χ0n) is 18.9. The lowest BCUT2D eigenvalue weighted by molar-refractivity contribution is -0.136. The molecule has 9 heteroatoms. The summed E-state index contributed by atoms with van der Waals surface area (Å²) < 4.78 is 47.7. The van der Waals surface area contributed by atoms with Gasteiger partial charge >= 0.3 is 6.18 Å². The van der Waals surface area contributed by atoms with Gasteiger partial charge in [0.2, 0.25) is 0 Å². The predicted molar refractivity (Wildman–Crippen MR) is 125 cm³/mol. The van der Waals surface area contributed by atoms with Crippen LogP contribution in [0.4, 0.5) is 18.9 Å². The average molecular weight is 470 g/mol. The molecule has 2 aliphatic rings. The molecule has 1 unspecified atom stereocenters. The fraction of sp³-hybridized carbons (Fsp3) is 0.400. The van der Waals surface area contributed by atoms with Crippen molar-refractivity contribution < 1.29 is 17.9 Å². The van der Waals surface area contributed by atoms with Crippen LogP contribution in [0.5, 0.6) is 0 Å². The van der Waals surface area contributed by atoms with E-state index in [-0.39, 0.29) is 17.2 Å². The second-order valence-electron chi connectivity index (χ2n) is 8.94. The van der Waals surface area contributed by atoms with Gasteiger partial charge in [0.05, 0.1) is 30.0 Å². The summed E-state index contributed by atoms with van der Waals surface area (Å²) in [6.07, 6.45) is 0.151. The van der Waals surface area contributed by atoms with E-state index in [0.29, 0.717) is 48.3 Å². The largest absolute Gasteiger partial charge is 0.418 e. The van der Waals surface area contributed by atoms with Gasteiger partial charge in [0.1, 0.15) is 0 Å². The van der Waals surface area contributed by atoms with E-state index >= 15 is 0 Å². The molecule has 0 amide bonds. The van der Waals surface area contributed by atoms with Crippen LogP contribution in [0, 0.1) is 12.3 Å².